The quantitative estimate of drug-likeness (QED) is 0.329. The van der Waals surface area contributed by atoms with E-state index in [-0.39, 0.29) is 0 Å². The Morgan fingerprint density at radius 2 is 1.80 bits per heavy atom. The molecule has 4 rings (SSSR count). The van der Waals surface area contributed by atoms with Gasteiger partial charge in [-0.05, 0) is 37.6 Å². The van der Waals surface area contributed by atoms with E-state index in [2.05, 4.69) is 48.1 Å². The van der Waals surface area contributed by atoms with E-state index in [0.29, 0.717) is 5.84 Å². The van der Waals surface area contributed by atoms with Gasteiger partial charge in [-0.1, -0.05) is 36.4 Å². The molecule has 0 saturated carbocycles. The van der Waals surface area contributed by atoms with E-state index in [1.54, 1.807) is 7.11 Å². The molecule has 0 spiro atoms. The minimum atomic E-state index is 0.548. The first-order chi connectivity index (χ1) is 14.7. The van der Waals surface area contributed by atoms with Gasteiger partial charge in [-0.15, -0.1) is 0 Å². The van der Waals surface area contributed by atoms with Gasteiger partial charge in [0, 0.05) is 53.1 Å². The van der Waals surface area contributed by atoms with Crippen LogP contribution in [0.2, 0.25) is 0 Å². The standard InChI is InChI=1S/C25H26N4O/c1-4-29(5-2)24(26)18-10-8-9-17(13-18)19-14-21-22(16-28-25(21)27-15-19)20-11-6-7-12-23(20)30-3/h6-16,26H,4-5H2,1-3H3,(H,27,28). The van der Waals surface area contributed by atoms with E-state index in [9.17, 15) is 0 Å². The van der Waals surface area contributed by atoms with Crippen molar-refractivity contribution in [3.63, 3.8) is 0 Å². The van der Waals surface area contributed by atoms with Crippen LogP contribution in [0.5, 0.6) is 5.75 Å². The number of benzene rings is 2. The highest BCUT2D eigenvalue weighted by atomic mass is 16.5. The van der Waals surface area contributed by atoms with Gasteiger partial charge in [-0.25, -0.2) is 4.98 Å². The number of para-hydroxylation sites is 1. The number of H-pyrrole nitrogens is 1. The minimum Gasteiger partial charge on any atom is -0.496 e. The predicted octanol–water partition coefficient (Wildman–Crippen LogP) is 5.57. The molecule has 0 radical (unpaired) electrons. The number of fused-ring (bicyclic) bond motifs is 1. The van der Waals surface area contributed by atoms with Crippen LogP contribution in [-0.4, -0.2) is 40.9 Å². The maximum absolute atomic E-state index is 8.54. The molecule has 0 aliphatic rings. The molecule has 2 aromatic heterocycles. The van der Waals surface area contributed by atoms with E-state index >= 15 is 0 Å². The largest absolute Gasteiger partial charge is 0.496 e. The molecule has 2 N–H and O–H groups in total. The van der Waals surface area contributed by atoms with E-state index < -0.39 is 0 Å². The summed E-state index contributed by atoms with van der Waals surface area (Å²) in [6.07, 6.45) is 3.86. The summed E-state index contributed by atoms with van der Waals surface area (Å²) in [5.41, 5.74) is 5.91. The first-order valence-corrected chi connectivity index (χ1v) is 10.2. The normalized spacial score (nSPS) is 10.9. The van der Waals surface area contributed by atoms with E-state index in [4.69, 9.17) is 10.1 Å². The molecular formula is C25H26N4O. The molecule has 4 aromatic rings. The van der Waals surface area contributed by atoms with Crippen LogP contribution in [-0.2, 0) is 0 Å². The fourth-order valence-corrected chi connectivity index (χ4v) is 3.82. The van der Waals surface area contributed by atoms with Crippen LogP contribution in [0.1, 0.15) is 19.4 Å². The lowest BCUT2D eigenvalue weighted by Gasteiger charge is -2.22. The zero-order valence-electron chi connectivity index (χ0n) is 17.6. The Morgan fingerprint density at radius 3 is 2.57 bits per heavy atom. The number of rotatable bonds is 6. The summed E-state index contributed by atoms with van der Waals surface area (Å²) in [6, 6.07) is 18.3. The minimum absolute atomic E-state index is 0.548. The third kappa shape index (κ3) is 3.54. The molecule has 30 heavy (non-hydrogen) atoms. The lowest BCUT2D eigenvalue weighted by atomic mass is 10.00. The van der Waals surface area contributed by atoms with Gasteiger partial charge in [-0.2, -0.15) is 0 Å². The average Bonchev–Trinajstić information content (AvgIpc) is 3.23. The molecule has 2 heterocycles. The van der Waals surface area contributed by atoms with Gasteiger partial charge >= 0.3 is 0 Å². The number of amidine groups is 1. The molecule has 0 aliphatic heterocycles. The lowest BCUT2D eigenvalue weighted by molar-refractivity contribution is 0.416. The molecule has 0 unspecified atom stereocenters. The van der Waals surface area contributed by atoms with E-state index in [1.807, 2.05) is 47.6 Å². The Morgan fingerprint density at radius 1 is 1.00 bits per heavy atom. The van der Waals surface area contributed by atoms with Crippen molar-refractivity contribution in [2.75, 3.05) is 20.2 Å². The maximum atomic E-state index is 8.54. The van der Waals surface area contributed by atoms with Crippen LogP contribution >= 0.6 is 0 Å². The molecule has 0 amide bonds. The van der Waals surface area contributed by atoms with Gasteiger partial charge in [0.05, 0.1) is 7.11 Å². The number of ether oxygens (including phenoxy) is 1. The third-order valence-corrected chi connectivity index (χ3v) is 5.48. The van der Waals surface area contributed by atoms with Crippen LogP contribution < -0.4 is 4.74 Å². The number of nitrogens with one attached hydrogen (secondary N) is 2. The van der Waals surface area contributed by atoms with Gasteiger partial charge < -0.3 is 14.6 Å². The Balaban J connectivity index is 1.78. The number of hydrogen-bond acceptors (Lipinski definition) is 3. The van der Waals surface area contributed by atoms with Crippen molar-refractivity contribution in [3.05, 3.63) is 72.6 Å². The van der Waals surface area contributed by atoms with Crippen molar-refractivity contribution in [1.82, 2.24) is 14.9 Å². The topological polar surface area (TPSA) is 65.0 Å². The number of nitrogens with zero attached hydrogens (tertiary/aromatic N) is 2. The molecule has 0 atom stereocenters. The van der Waals surface area contributed by atoms with Crippen molar-refractivity contribution >= 4 is 16.9 Å². The smallest absolute Gasteiger partial charge is 0.137 e. The predicted molar refractivity (Wildman–Crippen MR) is 123 cm³/mol. The zero-order valence-corrected chi connectivity index (χ0v) is 17.6. The summed E-state index contributed by atoms with van der Waals surface area (Å²) < 4.78 is 5.56. The molecule has 5 nitrogen and oxygen atoms in total. The van der Waals surface area contributed by atoms with Crippen molar-refractivity contribution < 1.29 is 4.74 Å². The summed E-state index contributed by atoms with van der Waals surface area (Å²) in [5, 5.41) is 9.58. The van der Waals surface area contributed by atoms with Gasteiger partial charge in [0.15, 0.2) is 0 Å². The highest BCUT2D eigenvalue weighted by molar-refractivity contribution is 5.99. The Labute approximate surface area is 176 Å². The molecule has 0 aliphatic carbocycles. The van der Waals surface area contributed by atoms with Gasteiger partial charge in [0.25, 0.3) is 0 Å². The molecule has 0 fully saturated rings. The highest BCUT2D eigenvalue weighted by Crippen LogP contribution is 2.36. The molecule has 5 heteroatoms. The maximum Gasteiger partial charge on any atom is 0.137 e. The molecule has 2 aromatic carbocycles. The van der Waals surface area contributed by atoms with Crippen molar-refractivity contribution in [2.45, 2.75) is 13.8 Å². The van der Waals surface area contributed by atoms with Crippen LogP contribution in [0.4, 0.5) is 0 Å². The number of pyridine rings is 1. The van der Waals surface area contributed by atoms with Gasteiger partial charge in [0.2, 0.25) is 0 Å². The summed E-state index contributed by atoms with van der Waals surface area (Å²) in [6.45, 7) is 5.79. The first-order valence-electron chi connectivity index (χ1n) is 10.2. The number of hydrogen-bond donors (Lipinski definition) is 2. The van der Waals surface area contributed by atoms with Crippen molar-refractivity contribution in [2.24, 2.45) is 0 Å². The van der Waals surface area contributed by atoms with Gasteiger partial charge in [0.1, 0.15) is 17.2 Å². The van der Waals surface area contributed by atoms with Crippen LogP contribution in [0, 0.1) is 5.41 Å². The Bertz CT molecular complexity index is 1190. The summed E-state index contributed by atoms with van der Waals surface area (Å²) in [4.78, 5) is 9.96. The highest BCUT2D eigenvalue weighted by Gasteiger charge is 2.14. The monoisotopic (exact) mass is 398 g/mol. The van der Waals surface area contributed by atoms with E-state index in [0.717, 1.165) is 57.7 Å². The summed E-state index contributed by atoms with van der Waals surface area (Å²) in [7, 11) is 1.69. The molecule has 0 saturated heterocycles. The lowest BCUT2D eigenvalue weighted by Crippen LogP contribution is -2.30. The van der Waals surface area contributed by atoms with Crippen LogP contribution in [0.25, 0.3) is 33.3 Å². The average molecular weight is 399 g/mol. The molecular weight excluding hydrogens is 372 g/mol. The number of aromatic amines is 1. The Kier molecular flexibility index (Phi) is 5.53. The SMILES string of the molecule is CCN(CC)C(=N)c1cccc(-c2cnc3[nH]cc(-c4ccccc4OC)c3c2)c1. The van der Waals surface area contributed by atoms with Crippen LogP contribution in [0.3, 0.4) is 0 Å². The number of aromatic nitrogens is 2. The number of methoxy groups -OCH3 is 1. The second-order valence-corrected chi connectivity index (χ2v) is 7.12. The molecule has 152 valence electrons. The summed E-state index contributed by atoms with van der Waals surface area (Å²) >= 11 is 0. The van der Waals surface area contributed by atoms with E-state index in [1.165, 1.54) is 0 Å². The second-order valence-electron chi connectivity index (χ2n) is 7.12. The second kappa shape index (κ2) is 8.41. The zero-order chi connectivity index (χ0) is 21.1. The molecule has 0 bridgehead atoms. The third-order valence-electron chi connectivity index (χ3n) is 5.48. The van der Waals surface area contributed by atoms with Crippen LogP contribution in [0.15, 0.2) is 67.0 Å². The first kappa shape index (κ1) is 19.7. The summed E-state index contributed by atoms with van der Waals surface area (Å²) in [5.74, 6) is 1.38. The van der Waals surface area contributed by atoms with Crippen molar-refractivity contribution in [1.29, 1.82) is 5.41 Å². The Hall–Kier alpha value is -3.60. The fraction of sp³-hybridized carbons (Fsp3) is 0.200. The van der Waals surface area contributed by atoms with Gasteiger partial charge in [-0.3, -0.25) is 5.41 Å². The fourth-order valence-electron chi connectivity index (χ4n) is 3.82. The van der Waals surface area contributed by atoms with Crippen molar-refractivity contribution in [3.8, 4) is 28.0 Å².